The Morgan fingerprint density at radius 1 is 0.405 bits per heavy atom. The second-order valence-electron chi connectivity index (χ2n) is 32.1. The molecule has 2 heterocycles. The fourth-order valence-electron chi connectivity index (χ4n) is 13.9. The lowest BCUT2D eigenvalue weighted by Gasteiger charge is -2.29. The molecule has 131 heavy (non-hydrogen) atoms. The zero-order valence-corrected chi connectivity index (χ0v) is 76.0. The first-order valence-corrected chi connectivity index (χ1v) is 45.5. The average molecular weight is 1870 g/mol. The lowest BCUT2D eigenvalue weighted by atomic mass is 10.0. The Morgan fingerprint density at radius 2 is 0.748 bits per heavy atom. The van der Waals surface area contributed by atoms with E-state index >= 15 is 24.0 Å². The van der Waals surface area contributed by atoms with Crippen molar-refractivity contribution in [2.75, 3.05) is 57.0 Å². The molecule has 46 heteroatoms. The number of fused-ring (bicyclic) bond motifs is 2. The molecule has 0 fully saturated rings. The predicted octanol–water partition coefficient (Wildman–Crippen LogP) is -3.91. The number of hydrogen-bond acceptors (Lipinski definition) is 23. The van der Waals surface area contributed by atoms with Gasteiger partial charge in [0.15, 0.2) is 17.9 Å². The number of carboxylic acids is 1. The summed E-state index contributed by atoms with van der Waals surface area (Å²) >= 11 is 5.63. The minimum atomic E-state index is -1.77. The first-order chi connectivity index (χ1) is 62.4. The number of primary amides is 1. The van der Waals surface area contributed by atoms with Crippen molar-refractivity contribution >= 4 is 153 Å². The summed E-state index contributed by atoms with van der Waals surface area (Å²) in [5, 5.41) is 76.2. The molecule has 0 aliphatic rings. The van der Waals surface area contributed by atoms with Crippen LogP contribution in [0.5, 0.6) is 0 Å². The Morgan fingerprint density at radius 3 is 1.11 bits per heavy atom. The molecule has 2 aromatic heterocycles. The number of guanidine groups is 3. The van der Waals surface area contributed by atoms with Crippen LogP contribution in [0.3, 0.4) is 0 Å². The van der Waals surface area contributed by atoms with Gasteiger partial charge in [0.2, 0.25) is 82.7 Å². The summed E-state index contributed by atoms with van der Waals surface area (Å²) in [4.78, 5) is 220. The van der Waals surface area contributed by atoms with Gasteiger partial charge in [0.1, 0.15) is 72.5 Å². The average Bonchev–Trinajstić information content (AvgIpc) is 1.68. The third kappa shape index (κ3) is 39.6. The van der Waals surface area contributed by atoms with E-state index < -0.39 is 199 Å². The molecule has 0 aliphatic heterocycles. The number of aliphatic carboxylic acids is 1. The fraction of sp³-hybridized carbons (Fsp3) is 0.529. The highest BCUT2D eigenvalue weighted by atomic mass is 32.2. The number of H-pyrrole nitrogens is 2. The number of carbonyl (C=O) groups is 15. The van der Waals surface area contributed by atoms with Crippen LogP contribution in [0, 0.1) is 22.1 Å². The molecule has 44 nitrogen and oxygen atoms in total. The van der Waals surface area contributed by atoms with Gasteiger partial charge in [-0.25, -0.2) is 0 Å². The molecule has 13 atom stereocenters. The number of carbonyl (C=O) groups excluding carboxylic acids is 14. The number of rotatable bonds is 62. The van der Waals surface area contributed by atoms with E-state index in [1.165, 1.54) is 18.7 Å². The highest BCUT2D eigenvalue weighted by molar-refractivity contribution is 7.98. The topological polar surface area (TPSA) is 754 Å². The SMILES string of the molecule is CSCC[C@H](NC(=O)[C@H](CCCNC(=N)N)NC(=O)[C@H](Cc1c[nH]c2ccccc12)NC(=O)[C@H](CCC(N)=O)NC(=O)[C@H](Cc1c[nH]c2ccccc12)NC(=O)[C@H](CCCNC(=N)N)NC(=O)[C@H](CCCNC(=N)N)NC(=O)[C@H](CS)NC(=O)[C@@H](N)Cc1ccccc1)C(=O)N[C@@H](CCCCN)C(=O)N[C@@H](CCCCN)C(=O)N[C@@H](CC(C)C)C(=O)NCC(=O)N[C@@H](C)C(=O)O. The first kappa shape index (κ1) is 109. The number of aromatic amines is 2. The van der Waals surface area contributed by atoms with Crippen molar-refractivity contribution in [1.29, 1.82) is 16.2 Å². The minimum absolute atomic E-state index is 0.00618. The fourth-order valence-corrected chi connectivity index (χ4v) is 14.7. The standard InChI is InChI=1S/C85H132N28O16S2/c1-47(2)39-64(71(117)101-45-69(115)102-48(3)82(128)129)110-75(121)58(26-13-15-34-87)103-72(118)57(25-12-14-33-86)104-78(124)63(32-38-131-4)109-74(120)59(27-16-35-96-83(90)91)106-79(125)65(41-50-43-99-55-23-10-8-21-52(50)55)112-77(123)62(30-31-68(89)114)108-80(126)66(42-51-44-100-56-24-11-9-22-53(51)56)111-76(122)61(29-18-37-98-85(94)95)105-73(119)60(28-17-36-97-84(92)93)107-81(127)67(46-130)113-70(116)54(88)40-49-19-6-5-7-20-49/h5-11,19-24,43-44,47-48,54,57-67,99-100,130H,12-18,25-42,45-46,86-88H2,1-4H3,(H2,89,114)(H,101,117)(H,102,115)(H,103,118)(H,104,124)(H,105,119)(H,106,125)(H,107,127)(H,108,126)(H,109,120)(H,110,121)(H,111,122)(H,112,123)(H,113,116)(H,128,129)(H4,90,91,96)(H4,92,93,97)(H4,94,95,98)/t48-,54-,57-,58-,59-,60-,61-,62-,63-,64-,65-,66-,67-/m0/s1. The summed E-state index contributed by atoms with van der Waals surface area (Å²) in [5.41, 5.74) is 43.5. The molecule has 720 valence electrons. The Kier molecular flexibility index (Phi) is 48.1. The largest absolute Gasteiger partial charge is 0.480 e. The molecule has 5 aromatic rings. The van der Waals surface area contributed by atoms with Gasteiger partial charge in [-0.05, 0) is 169 Å². The molecular weight excluding hydrogens is 1730 g/mol. The van der Waals surface area contributed by atoms with Gasteiger partial charge in [0.25, 0.3) is 0 Å². The lowest BCUT2D eigenvalue weighted by Crippen LogP contribution is -2.61. The van der Waals surface area contributed by atoms with Gasteiger partial charge in [-0.3, -0.25) is 88.1 Å². The number of para-hydroxylation sites is 2. The van der Waals surface area contributed by atoms with Gasteiger partial charge in [-0.2, -0.15) is 24.4 Å². The van der Waals surface area contributed by atoms with Crippen molar-refractivity contribution in [1.82, 2.24) is 95.0 Å². The van der Waals surface area contributed by atoms with Crippen LogP contribution in [0.25, 0.3) is 21.8 Å². The number of unbranched alkanes of at least 4 members (excludes halogenated alkanes) is 2. The van der Waals surface area contributed by atoms with Gasteiger partial charge in [0, 0.05) is 78.8 Å². The highest BCUT2D eigenvalue weighted by Crippen LogP contribution is 2.23. The summed E-state index contributed by atoms with van der Waals surface area (Å²) < 4.78 is 0. The molecular formula is C85H132N28O16S2. The quantitative estimate of drug-likeness (QED) is 0.00765. The van der Waals surface area contributed by atoms with Crippen LogP contribution < -0.4 is 125 Å². The van der Waals surface area contributed by atoms with Gasteiger partial charge in [0.05, 0.1) is 12.6 Å². The van der Waals surface area contributed by atoms with Gasteiger partial charge in [-0.1, -0.05) is 80.6 Å². The van der Waals surface area contributed by atoms with E-state index in [0.29, 0.717) is 52.2 Å². The predicted molar refractivity (Wildman–Crippen MR) is 500 cm³/mol. The molecule has 14 amide bonds. The second kappa shape index (κ2) is 58.0. The molecule has 0 aliphatic carbocycles. The molecule has 3 aromatic carbocycles. The molecule has 0 unspecified atom stereocenters. The Balaban J connectivity index is 1.52. The van der Waals surface area contributed by atoms with Crippen molar-refractivity contribution in [2.24, 2.45) is 46.1 Å². The number of benzene rings is 3. The van der Waals surface area contributed by atoms with Gasteiger partial charge < -0.3 is 140 Å². The third-order valence-electron chi connectivity index (χ3n) is 21.0. The minimum Gasteiger partial charge on any atom is -0.480 e. The number of aromatic nitrogens is 2. The summed E-state index contributed by atoms with van der Waals surface area (Å²) in [6.45, 7) is 4.61. The van der Waals surface area contributed by atoms with E-state index in [0.717, 1.165) is 5.56 Å². The van der Waals surface area contributed by atoms with Gasteiger partial charge in [-0.15, -0.1) is 0 Å². The summed E-state index contributed by atoms with van der Waals surface area (Å²) in [5.74, 6) is -15.3. The molecule has 0 bridgehead atoms. The Labute approximate surface area is 769 Å². The van der Waals surface area contributed by atoms with E-state index in [1.54, 1.807) is 111 Å². The maximum atomic E-state index is 15.5. The number of carboxylic acid groups (broad SMARTS) is 1. The van der Waals surface area contributed by atoms with Crippen molar-refractivity contribution in [3.8, 4) is 0 Å². The number of nitrogens with two attached hydrogens (primary N) is 7. The summed E-state index contributed by atoms with van der Waals surface area (Å²) in [7, 11) is 0. The van der Waals surface area contributed by atoms with Crippen LogP contribution >= 0.6 is 24.4 Å². The first-order valence-electron chi connectivity index (χ1n) is 43.5. The Hall–Kier alpha value is -12.8. The van der Waals surface area contributed by atoms with E-state index in [9.17, 15) is 53.1 Å². The number of amides is 14. The smallest absolute Gasteiger partial charge is 0.325 e. The molecule has 36 N–H and O–H groups in total. The van der Waals surface area contributed by atoms with Crippen LogP contribution in [0.1, 0.15) is 140 Å². The number of nitrogens with one attached hydrogen (secondary N) is 21. The second-order valence-corrected chi connectivity index (χ2v) is 33.4. The Bertz CT molecular complexity index is 4660. The van der Waals surface area contributed by atoms with E-state index in [-0.39, 0.29) is 146 Å². The lowest BCUT2D eigenvalue weighted by molar-refractivity contribution is -0.141. The monoisotopic (exact) mass is 1860 g/mol. The molecule has 0 spiro atoms. The third-order valence-corrected chi connectivity index (χ3v) is 22.0. The van der Waals surface area contributed by atoms with E-state index in [2.05, 4.69) is 108 Å². The number of hydrogen-bond donors (Lipinski definition) is 30. The zero-order chi connectivity index (χ0) is 96.7. The molecule has 5 rings (SSSR count). The van der Waals surface area contributed by atoms with E-state index in [4.69, 9.17) is 56.4 Å². The van der Waals surface area contributed by atoms with Crippen molar-refractivity contribution in [3.63, 3.8) is 0 Å². The van der Waals surface area contributed by atoms with Crippen LogP contribution in [0.2, 0.25) is 0 Å². The van der Waals surface area contributed by atoms with Crippen LogP contribution in [0.15, 0.2) is 91.3 Å². The van der Waals surface area contributed by atoms with Crippen molar-refractivity contribution in [2.45, 2.75) is 221 Å². The normalized spacial score (nSPS) is 14.1. The number of thiol groups is 1. The maximum Gasteiger partial charge on any atom is 0.325 e. The van der Waals surface area contributed by atoms with Crippen LogP contribution in [-0.4, -0.2) is 257 Å². The van der Waals surface area contributed by atoms with E-state index in [1.807, 2.05) is 0 Å². The maximum absolute atomic E-state index is 15.5. The zero-order valence-electron chi connectivity index (χ0n) is 74.3. The summed E-state index contributed by atoms with van der Waals surface area (Å²) in [6, 6.07) is 4.04. The molecule has 0 radical (unpaired) electrons. The number of thioether (sulfide) groups is 1. The van der Waals surface area contributed by atoms with Crippen LogP contribution in [0.4, 0.5) is 0 Å². The molecule has 0 saturated heterocycles. The molecule has 0 saturated carbocycles. The van der Waals surface area contributed by atoms with Gasteiger partial charge >= 0.3 is 5.97 Å². The van der Waals surface area contributed by atoms with Crippen molar-refractivity contribution < 1.29 is 77.0 Å². The highest BCUT2D eigenvalue weighted by Gasteiger charge is 2.39. The van der Waals surface area contributed by atoms with Crippen LogP contribution in [-0.2, 0) is 91.2 Å². The summed E-state index contributed by atoms with van der Waals surface area (Å²) in [6.07, 6.45) is 4.29. The van der Waals surface area contributed by atoms with Crippen molar-refractivity contribution in [3.05, 3.63) is 108 Å².